The van der Waals surface area contributed by atoms with Gasteiger partial charge >= 0.3 is 6.18 Å². The van der Waals surface area contributed by atoms with Crippen LogP contribution < -0.4 is 5.32 Å². The molecule has 2 unspecified atom stereocenters. The van der Waals surface area contributed by atoms with Gasteiger partial charge in [0, 0.05) is 11.7 Å². The van der Waals surface area contributed by atoms with Crippen molar-refractivity contribution >= 4 is 5.69 Å². The second kappa shape index (κ2) is 5.85. The summed E-state index contributed by atoms with van der Waals surface area (Å²) in [5.74, 6) is 0.643. The smallest absolute Gasteiger partial charge is 0.382 e. The Kier molecular flexibility index (Phi) is 4.38. The first kappa shape index (κ1) is 14.2. The minimum Gasteiger partial charge on any atom is -0.382 e. The van der Waals surface area contributed by atoms with Gasteiger partial charge in [-0.25, -0.2) is 0 Å². The van der Waals surface area contributed by atoms with E-state index in [1.165, 1.54) is 18.6 Å². The van der Waals surface area contributed by atoms with Gasteiger partial charge in [0.15, 0.2) is 0 Å². The molecule has 1 N–H and O–H groups in total. The van der Waals surface area contributed by atoms with Crippen LogP contribution in [0.3, 0.4) is 0 Å². The molecule has 0 bridgehead atoms. The van der Waals surface area contributed by atoms with E-state index in [9.17, 15) is 13.2 Å². The summed E-state index contributed by atoms with van der Waals surface area (Å²) >= 11 is 0. The lowest BCUT2D eigenvalue weighted by molar-refractivity contribution is -0.137. The Morgan fingerprint density at radius 3 is 2.63 bits per heavy atom. The van der Waals surface area contributed by atoms with E-state index in [4.69, 9.17) is 0 Å². The minimum atomic E-state index is -4.29. The molecule has 4 heteroatoms. The predicted molar refractivity (Wildman–Crippen MR) is 71.1 cm³/mol. The third-order valence-electron chi connectivity index (χ3n) is 3.95. The maximum Gasteiger partial charge on any atom is 0.418 e. The number of alkyl halides is 3. The maximum atomic E-state index is 12.9. The average molecular weight is 271 g/mol. The van der Waals surface area contributed by atoms with Crippen LogP contribution in [0.5, 0.6) is 0 Å². The number of benzene rings is 1. The molecule has 0 spiro atoms. The lowest BCUT2D eigenvalue weighted by atomic mass is 9.84. The molecule has 1 aromatic rings. The average Bonchev–Trinajstić information content (AvgIpc) is 2.38. The minimum absolute atomic E-state index is 0.169. The Balaban J connectivity index is 2.11. The molecule has 1 fully saturated rings. The molecule has 0 saturated heterocycles. The fourth-order valence-electron chi connectivity index (χ4n) is 2.87. The summed E-state index contributed by atoms with van der Waals surface area (Å²) in [5.41, 5.74) is -0.342. The van der Waals surface area contributed by atoms with Crippen LogP contribution in [0.25, 0.3) is 0 Å². The van der Waals surface area contributed by atoms with Crippen LogP contribution in [-0.4, -0.2) is 6.04 Å². The van der Waals surface area contributed by atoms with Crippen molar-refractivity contribution in [3.05, 3.63) is 29.8 Å². The molecule has 1 aliphatic rings. The second-order valence-electron chi connectivity index (χ2n) is 5.33. The van der Waals surface area contributed by atoms with Gasteiger partial charge in [-0.3, -0.25) is 0 Å². The normalized spacial score (nSPS) is 24.2. The molecule has 0 heterocycles. The molecule has 2 atom stereocenters. The summed E-state index contributed by atoms with van der Waals surface area (Å²) in [5, 5.41) is 3.10. The predicted octanol–water partition coefficient (Wildman–Crippen LogP) is 5.09. The summed E-state index contributed by atoms with van der Waals surface area (Å²) in [6.07, 6.45) is 1.06. The highest BCUT2D eigenvalue weighted by Gasteiger charge is 2.34. The molecular weight excluding hydrogens is 251 g/mol. The van der Waals surface area contributed by atoms with Crippen molar-refractivity contribution in [1.82, 2.24) is 0 Å². The van der Waals surface area contributed by atoms with Crippen molar-refractivity contribution in [3.8, 4) is 0 Å². The van der Waals surface area contributed by atoms with Gasteiger partial charge in [0.1, 0.15) is 0 Å². The highest BCUT2D eigenvalue weighted by molar-refractivity contribution is 5.53. The van der Waals surface area contributed by atoms with Gasteiger partial charge < -0.3 is 5.32 Å². The van der Waals surface area contributed by atoms with Crippen LogP contribution in [-0.2, 0) is 6.18 Å². The lowest BCUT2D eigenvalue weighted by Gasteiger charge is -2.30. The van der Waals surface area contributed by atoms with Gasteiger partial charge in [-0.15, -0.1) is 0 Å². The Hall–Kier alpha value is -1.19. The van der Waals surface area contributed by atoms with E-state index in [1.54, 1.807) is 6.07 Å². The molecule has 1 saturated carbocycles. The SMILES string of the molecule is CCC1CCCC(Nc2ccccc2C(F)(F)F)C1. The van der Waals surface area contributed by atoms with Crippen molar-refractivity contribution < 1.29 is 13.2 Å². The van der Waals surface area contributed by atoms with E-state index in [-0.39, 0.29) is 11.7 Å². The molecule has 0 radical (unpaired) electrons. The number of halogens is 3. The molecule has 106 valence electrons. The van der Waals surface area contributed by atoms with E-state index in [0.29, 0.717) is 5.92 Å². The van der Waals surface area contributed by atoms with Crippen molar-refractivity contribution in [1.29, 1.82) is 0 Å². The molecule has 0 aromatic heterocycles. The zero-order chi connectivity index (χ0) is 13.9. The van der Waals surface area contributed by atoms with Gasteiger partial charge in [0.25, 0.3) is 0 Å². The first-order chi connectivity index (χ1) is 9.00. The highest BCUT2D eigenvalue weighted by Crippen LogP contribution is 2.36. The first-order valence-electron chi connectivity index (χ1n) is 6.93. The third kappa shape index (κ3) is 3.64. The molecular formula is C15H20F3N. The summed E-state index contributed by atoms with van der Waals surface area (Å²) in [6, 6.07) is 5.92. The van der Waals surface area contributed by atoms with Crippen LogP contribution in [0.4, 0.5) is 18.9 Å². The van der Waals surface area contributed by atoms with Crippen LogP contribution in [0.15, 0.2) is 24.3 Å². The van der Waals surface area contributed by atoms with Crippen LogP contribution in [0, 0.1) is 5.92 Å². The number of rotatable bonds is 3. The standard InChI is InChI=1S/C15H20F3N/c1-2-11-6-5-7-12(10-11)19-14-9-4-3-8-13(14)15(16,17)18/h3-4,8-9,11-12,19H,2,5-7,10H2,1H3. The molecule has 1 aliphatic carbocycles. The zero-order valence-electron chi connectivity index (χ0n) is 11.1. The Morgan fingerprint density at radius 1 is 1.21 bits per heavy atom. The van der Waals surface area contributed by atoms with Gasteiger partial charge in [-0.2, -0.15) is 13.2 Å². The summed E-state index contributed by atoms with van der Waals surface area (Å²) in [6.45, 7) is 2.15. The van der Waals surface area contributed by atoms with E-state index >= 15 is 0 Å². The van der Waals surface area contributed by atoms with Crippen LogP contribution >= 0.6 is 0 Å². The molecule has 19 heavy (non-hydrogen) atoms. The van der Waals surface area contributed by atoms with Crippen molar-refractivity contribution in [3.63, 3.8) is 0 Å². The zero-order valence-corrected chi connectivity index (χ0v) is 11.1. The quantitative estimate of drug-likeness (QED) is 0.807. The Labute approximate surface area is 112 Å². The summed E-state index contributed by atoms with van der Waals surface area (Å²) in [4.78, 5) is 0. The topological polar surface area (TPSA) is 12.0 Å². The monoisotopic (exact) mass is 271 g/mol. The van der Waals surface area contributed by atoms with Crippen molar-refractivity contribution in [2.75, 3.05) is 5.32 Å². The van der Waals surface area contributed by atoms with E-state index in [1.807, 2.05) is 0 Å². The van der Waals surface area contributed by atoms with Gasteiger partial charge in [-0.1, -0.05) is 38.3 Å². The van der Waals surface area contributed by atoms with E-state index < -0.39 is 11.7 Å². The molecule has 0 amide bonds. The fourth-order valence-corrected chi connectivity index (χ4v) is 2.87. The lowest BCUT2D eigenvalue weighted by Crippen LogP contribution is -2.28. The van der Waals surface area contributed by atoms with Gasteiger partial charge in [0.05, 0.1) is 5.56 Å². The molecule has 1 nitrogen and oxygen atoms in total. The number of anilines is 1. The van der Waals surface area contributed by atoms with Crippen LogP contribution in [0.2, 0.25) is 0 Å². The molecule has 1 aromatic carbocycles. The van der Waals surface area contributed by atoms with Gasteiger partial charge in [0.2, 0.25) is 0 Å². The number of nitrogens with one attached hydrogen (secondary N) is 1. The van der Waals surface area contributed by atoms with Crippen molar-refractivity contribution in [2.45, 2.75) is 51.2 Å². The molecule has 0 aliphatic heterocycles. The van der Waals surface area contributed by atoms with E-state index in [0.717, 1.165) is 31.7 Å². The fraction of sp³-hybridized carbons (Fsp3) is 0.600. The third-order valence-corrected chi connectivity index (χ3v) is 3.95. The number of para-hydroxylation sites is 1. The largest absolute Gasteiger partial charge is 0.418 e. The summed E-state index contributed by atoms with van der Waals surface area (Å²) in [7, 11) is 0. The first-order valence-corrected chi connectivity index (χ1v) is 6.93. The van der Waals surface area contributed by atoms with Crippen molar-refractivity contribution in [2.24, 2.45) is 5.92 Å². The highest BCUT2D eigenvalue weighted by atomic mass is 19.4. The number of hydrogen-bond acceptors (Lipinski definition) is 1. The maximum absolute atomic E-state index is 12.9. The van der Waals surface area contributed by atoms with Crippen LogP contribution in [0.1, 0.15) is 44.6 Å². The second-order valence-corrected chi connectivity index (χ2v) is 5.33. The number of hydrogen-bond donors (Lipinski definition) is 1. The van der Waals surface area contributed by atoms with Gasteiger partial charge in [-0.05, 0) is 30.9 Å². The Morgan fingerprint density at radius 2 is 1.95 bits per heavy atom. The molecule has 2 rings (SSSR count). The van der Waals surface area contributed by atoms with E-state index in [2.05, 4.69) is 12.2 Å². The Bertz CT molecular complexity index is 414. The summed E-state index contributed by atoms with van der Waals surface area (Å²) < 4.78 is 38.7.